The molecule has 0 unspecified atom stereocenters. The van der Waals surface area contributed by atoms with Gasteiger partial charge in [-0.25, -0.2) is 4.79 Å². The molecule has 2 saturated carbocycles. The maximum absolute atomic E-state index is 13.0. The molecule has 4 fully saturated rings. The van der Waals surface area contributed by atoms with Gasteiger partial charge in [0, 0.05) is 19.1 Å². The summed E-state index contributed by atoms with van der Waals surface area (Å²) in [6, 6.07) is 0.342. The molecular formula is C26H43NO4. The van der Waals surface area contributed by atoms with E-state index in [0.717, 1.165) is 37.7 Å². The molecule has 0 aromatic carbocycles. The fourth-order valence-electron chi connectivity index (χ4n) is 6.87. The molecule has 5 nitrogen and oxygen atoms in total. The number of allylic oxidation sites excluding steroid dienone is 1. The third-order valence-corrected chi connectivity index (χ3v) is 8.23. The molecule has 2 saturated heterocycles. The van der Waals surface area contributed by atoms with Gasteiger partial charge in [-0.2, -0.15) is 0 Å². The van der Waals surface area contributed by atoms with E-state index in [9.17, 15) is 4.79 Å². The minimum absolute atomic E-state index is 0.0447. The lowest BCUT2D eigenvalue weighted by Gasteiger charge is -2.47. The summed E-state index contributed by atoms with van der Waals surface area (Å²) >= 11 is 0. The van der Waals surface area contributed by atoms with Crippen LogP contribution in [-0.4, -0.2) is 48.7 Å². The Morgan fingerprint density at radius 1 is 1.00 bits per heavy atom. The van der Waals surface area contributed by atoms with Crippen LogP contribution in [-0.2, 0) is 14.2 Å². The third-order valence-electron chi connectivity index (χ3n) is 8.23. The van der Waals surface area contributed by atoms with E-state index < -0.39 is 5.60 Å². The van der Waals surface area contributed by atoms with E-state index in [2.05, 4.69) is 19.1 Å². The minimum atomic E-state index is -0.467. The standard InChI is InChI=1S/C26H43NO4/c1-17-9-8-11-19(27(17)25(28)31-26(2,3)4)13-14-21-20-12-7-6-10-18(20)15-22-23(21)16-30-24(22)29-5/h13-14,17-24H,6-12,15-16H2,1-5H3/b14-13+/t17-,18+,19+,20-,21+,22-,23+,24-/m0/s1. The second kappa shape index (κ2) is 9.43. The maximum Gasteiger partial charge on any atom is 0.411 e. The monoisotopic (exact) mass is 433 g/mol. The summed E-state index contributed by atoms with van der Waals surface area (Å²) in [6.45, 7) is 8.80. The molecule has 4 aliphatic rings. The average Bonchev–Trinajstić information content (AvgIpc) is 3.12. The molecule has 1 amide bonds. The number of fused-ring (bicyclic) bond motifs is 2. The van der Waals surface area contributed by atoms with Crippen molar-refractivity contribution in [2.24, 2.45) is 29.6 Å². The molecule has 0 bridgehead atoms. The zero-order chi connectivity index (χ0) is 22.2. The Hall–Kier alpha value is -1.07. The maximum atomic E-state index is 13.0. The highest BCUT2D eigenvalue weighted by molar-refractivity contribution is 5.69. The molecule has 0 aromatic heterocycles. The van der Waals surface area contributed by atoms with Crippen molar-refractivity contribution in [1.82, 2.24) is 4.90 Å². The predicted molar refractivity (Wildman–Crippen MR) is 122 cm³/mol. The van der Waals surface area contributed by atoms with Crippen LogP contribution >= 0.6 is 0 Å². The fraction of sp³-hybridized carbons (Fsp3) is 0.885. The van der Waals surface area contributed by atoms with Crippen molar-refractivity contribution in [3.8, 4) is 0 Å². The molecule has 4 rings (SSSR count). The van der Waals surface area contributed by atoms with Crippen LogP contribution in [0.5, 0.6) is 0 Å². The van der Waals surface area contributed by atoms with E-state index in [-0.39, 0.29) is 24.5 Å². The Bertz CT molecular complexity index is 656. The summed E-state index contributed by atoms with van der Waals surface area (Å²) < 4.78 is 17.5. The SMILES string of the molecule is CO[C@H]1OC[C@@H]2[C@H](/C=C/[C@H]3CCC[C@H](C)N3C(=O)OC(C)(C)C)[C@H]3CCCC[C@@H]3C[C@H]12. The van der Waals surface area contributed by atoms with Gasteiger partial charge < -0.3 is 14.2 Å². The normalized spacial score (nSPS) is 41.1. The second-order valence-corrected chi connectivity index (χ2v) is 11.4. The van der Waals surface area contributed by atoms with Gasteiger partial charge in [0.15, 0.2) is 6.29 Å². The first-order valence-corrected chi connectivity index (χ1v) is 12.6. The largest absolute Gasteiger partial charge is 0.444 e. The third kappa shape index (κ3) is 4.98. The van der Waals surface area contributed by atoms with Crippen LogP contribution in [0.1, 0.15) is 79.1 Å². The summed E-state index contributed by atoms with van der Waals surface area (Å²) in [5.41, 5.74) is -0.467. The van der Waals surface area contributed by atoms with Crippen molar-refractivity contribution >= 4 is 6.09 Å². The molecule has 0 radical (unpaired) electrons. The Kier molecular flexibility index (Phi) is 7.02. The molecule has 31 heavy (non-hydrogen) atoms. The summed E-state index contributed by atoms with van der Waals surface area (Å²) in [7, 11) is 1.78. The van der Waals surface area contributed by atoms with Gasteiger partial charge in [0.05, 0.1) is 12.6 Å². The van der Waals surface area contributed by atoms with E-state index in [0.29, 0.717) is 17.8 Å². The van der Waals surface area contributed by atoms with Crippen LogP contribution in [0.4, 0.5) is 4.79 Å². The highest BCUT2D eigenvalue weighted by atomic mass is 16.7. The van der Waals surface area contributed by atoms with Crippen LogP contribution in [0.3, 0.4) is 0 Å². The number of nitrogens with zero attached hydrogens (tertiary/aromatic N) is 1. The predicted octanol–water partition coefficient (Wildman–Crippen LogP) is 5.78. The first-order valence-electron chi connectivity index (χ1n) is 12.6. The molecular weight excluding hydrogens is 390 g/mol. The summed E-state index contributed by atoms with van der Waals surface area (Å²) in [4.78, 5) is 15.0. The van der Waals surface area contributed by atoms with E-state index >= 15 is 0 Å². The smallest absolute Gasteiger partial charge is 0.411 e. The lowest BCUT2D eigenvalue weighted by molar-refractivity contribution is -0.118. The van der Waals surface area contributed by atoms with E-state index in [1.807, 2.05) is 25.7 Å². The average molecular weight is 434 g/mol. The molecule has 0 aromatic rings. The number of rotatable bonds is 3. The summed E-state index contributed by atoms with van der Waals surface area (Å²) in [5.74, 6) is 3.11. The Labute approximate surface area is 188 Å². The number of carbonyl (C=O) groups is 1. The van der Waals surface area contributed by atoms with Gasteiger partial charge in [-0.05, 0) is 83.5 Å². The van der Waals surface area contributed by atoms with Gasteiger partial charge in [-0.3, -0.25) is 4.90 Å². The fourth-order valence-corrected chi connectivity index (χ4v) is 6.87. The highest BCUT2D eigenvalue weighted by Gasteiger charge is 2.50. The molecule has 2 aliphatic carbocycles. The van der Waals surface area contributed by atoms with Crippen LogP contribution in [0.25, 0.3) is 0 Å². The number of methoxy groups -OCH3 is 1. The molecule has 176 valence electrons. The second-order valence-electron chi connectivity index (χ2n) is 11.4. The minimum Gasteiger partial charge on any atom is -0.444 e. The quantitative estimate of drug-likeness (QED) is 0.529. The van der Waals surface area contributed by atoms with E-state index in [4.69, 9.17) is 14.2 Å². The number of hydrogen-bond donors (Lipinski definition) is 0. The van der Waals surface area contributed by atoms with Crippen molar-refractivity contribution in [2.45, 2.75) is 103 Å². The first-order chi connectivity index (χ1) is 14.8. The topological polar surface area (TPSA) is 48.0 Å². The van der Waals surface area contributed by atoms with Crippen molar-refractivity contribution in [3.05, 3.63) is 12.2 Å². The number of amides is 1. The lowest BCUT2D eigenvalue weighted by atomic mass is 9.58. The van der Waals surface area contributed by atoms with Crippen molar-refractivity contribution in [1.29, 1.82) is 0 Å². The molecule has 2 aliphatic heterocycles. The van der Waals surface area contributed by atoms with Crippen LogP contribution in [0.15, 0.2) is 12.2 Å². The molecule has 2 heterocycles. The molecule has 8 atom stereocenters. The van der Waals surface area contributed by atoms with E-state index in [1.165, 1.54) is 32.1 Å². The van der Waals surface area contributed by atoms with Gasteiger partial charge in [0.25, 0.3) is 0 Å². The van der Waals surface area contributed by atoms with Crippen molar-refractivity contribution in [2.75, 3.05) is 13.7 Å². The van der Waals surface area contributed by atoms with Gasteiger partial charge in [0.1, 0.15) is 5.60 Å². The van der Waals surface area contributed by atoms with Crippen LogP contribution < -0.4 is 0 Å². The number of hydrogen-bond acceptors (Lipinski definition) is 4. The Balaban J connectivity index is 1.54. The number of ether oxygens (including phenoxy) is 3. The van der Waals surface area contributed by atoms with Crippen molar-refractivity contribution in [3.63, 3.8) is 0 Å². The van der Waals surface area contributed by atoms with Gasteiger partial charge in [-0.15, -0.1) is 0 Å². The van der Waals surface area contributed by atoms with Crippen LogP contribution in [0.2, 0.25) is 0 Å². The van der Waals surface area contributed by atoms with Gasteiger partial charge in [0.2, 0.25) is 0 Å². The molecule has 5 heteroatoms. The molecule has 0 N–H and O–H groups in total. The summed E-state index contributed by atoms with van der Waals surface area (Å²) in [5, 5.41) is 0. The Morgan fingerprint density at radius 2 is 1.77 bits per heavy atom. The van der Waals surface area contributed by atoms with Gasteiger partial charge >= 0.3 is 6.09 Å². The van der Waals surface area contributed by atoms with E-state index in [1.54, 1.807) is 7.11 Å². The molecule has 0 spiro atoms. The number of piperidine rings is 1. The highest BCUT2D eigenvalue weighted by Crippen LogP contribution is 2.53. The van der Waals surface area contributed by atoms with Crippen molar-refractivity contribution < 1.29 is 19.0 Å². The number of carbonyl (C=O) groups excluding carboxylic acids is 1. The zero-order valence-corrected chi connectivity index (χ0v) is 20.2. The summed E-state index contributed by atoms with van der Waals surface area (Å²) in [6.07, 6.45) is 14.5. The van der Waals surface area contributed by atoms with Crippen LogP contribution in [0, 0.1) is 29.6 Å². The lowest BCUT2D eigenvalue weighted by Crippen LogP contribution is -2.50. The zero-order valence-electron chi connectivity index (χ0n) is 20.2. The van der Waals surface area contributed by atoms with Gasteiger partial charge in [-0.1, -0.05) is 31.4 Å². The first kappa shape index (κ1) is 23.1. The Morgan fingerprint density at radius 3 is 2.52 bits per heavy atom. The number of likely N-dealkylation sites (tertiary alicyclic amines) is 1.